The molecule has 6 rings (SSSR count). The van der Waals surface area contributed by atoms with E-state index >= 15 is 0 Å². The molecule has 39 heavy (non-hydrogen) atoms. The third-order valence-electron chi connectivity index (χ3n) is 6.95. The zero-order chi connectivity index (χ0) is 27.5. The zero-order valence-electron chi connectivity index (χ0n) is 21.1. The van der Waals surface area contributed by atoms with E-state index in [9.17, 15) is 17.1 Å². The molecule has 0 spiro atoms. The Labute approximate surface area is 223 Å². The van der Waals surface area contributed by atoms with Crippen molar-refractivity contribution in [3.63, 3.8) is 0 Å². The van der Waals surface area contributed by atoms with Crippen LogP contribution in [0, 0.1) is 12.3 Å². The van der Waals surface area contributed by atoms with Crippen molar-refractivity contribution in [1.82, 2.24) is 19.4 Å². The molecule has 0 atom stereocenters. The molecular weight excluding hydrogens is 523 g/mol. The Balaban J connectivity index is 1.69. The minimum absolute atomic E-state index is 0.0797. The molecule has 0 bridgehead atoms. The van der Waals surface area contributed by atoms with Gasteiger partial charge in [-0.2, -0.15) is 8.42 Å². The normalized spacial score (nSPS) is 14.5. The van der Waals surface area contributed by atoms with E-state index in [4.69, 9.17) is 11.2 Å². The zero-order valence-corrected chi connectivity index (χ0v) is 21.9. The molecule has 0 amide bonds. The average molecular weight is 547 g/mol. The fourth-order valence-corrected chi connectivity index (χ4v) is 5.65. The summed E-state index contributed by atoms with van der Waals surface area (Å²) in [7, 11) is -3.21. The topological polar surface area (TPSA) is 107 Å². The van der Waals surface area contributed by atoms with E-state index in [1.165, 1.54) is 12.3 Å². The Morgan fingerprint density at radius 2 is 1.97 bits per heavy atom. The van der Waals surface area contributed by atoms with Gasteiger partial charge >= 0.3 is 10.5 Å². The summed E-state index contributed by atoms with van der Waals surface area (Å²) in [5, 5.41) is 1.81. The number of fused-ring (bicyclic) bond motifs is 4. The minimum atomic E-state index is -5.24. The maximum Gasteiger partial charge on any atom is 0.488 e. The number of aromatic amines is 1. The first kappa shape index (κ1) is 24.9. The predicted octanol–water partition coefficient (Wildman–Crippen LogP) is 4.16. The third-order valence-corrected chi connectivity index (χ3v) is 7.34. The van der Waals surface area contributed by atoms with Crippen LogP contribution in [0.2, 0.25) is 0 Å². The highest BCUT2D eigenvalue weighted by atomic mass is 32.3. The largest absolute Gasteiger partial charge is 0.493 e. The van der Waals surface area contributed by atoms with Crippen molar-refractivity contribution in [2.24, 2.45) is 0 Å². The fourth-order valence-electron chi connectivity index (χ4n) is 5.32. The van der Waals surface area contributed by atoms with Crippen LogP contribution in [-0.2, 0) is 10.5 Å². The third kappa shape index (κ3) is 4.27. The molecule has 1 N–H and O–H groups in total. The summed E-state index contributed by atoms with van der Waals surface area (Å²) < 4.78 is 47.8. The van der Waals surface area contributed by atoms with Crippen LogP contribution >= 0.6 is 0 Å². The Hall–Kier alpha value is -4.40. The average Bonchev–Trinajstić information content (AvgIpc) is 3.25. The molecule has 1 aliphatic rings. The number of likely N-dealkylation sites (N-methyl/N-ethyl adjacent to an activating group) is 1. The van der Waals surface area contributed by atoms with E-state index in [0.29, 0.717) is 51.0 Å². The van der Waals surface area contributed by atoms with Gasteiger partial charge in [0, 0.05) is 46.9 Å². The molecule has 0 aliphatic carbocycles. The Morgan fingerprint density at radius 1 is 1.18 bits per heavy atom. The molecule has 198 valence electrons. The smallest absolute Gasteiger partial charge is 0.488 e. The highest BCUT2D eigenvalue weighted by molar-refractivity contribution is 7.81. The van der Waals surface area contributed by atoms with Crippen molar-refractivity contribution < 1.29 is 21.2 Å². The summed E-state index contributed by atoms with van der Waals surface area (Å²) >= 11 is 0. The predicted molar refractivity (Wildman–Crippen MR) is 147 cm³/mol. The summed E-state index contributed by atoms with van der Waals surface area (Å²) in [6, 6.07) is 10.5. The Kier molecular flexibility index (Phi) is 5.82. The van der Waals surface area contributed by atoms with Gasteiger partial charge in [0.25, 0.3) is 0 Å². The second-order valence-corrected chi connectivity index (χ2v) is 10.5. The van der Waals surface area contributed by atoms with Crippen LogP contribution in [0.25, 0.3) is 44.0 Å². The standard InChI is InChI=1S/C28H23FN4O5S/c1-4-16-6-7-20-23(8-16)31-28-26(20)27(34)22-11-25(37-5-2)21(10-24(22)33(28)18-14-32(3)15-18)17-9-19(13-30-12-17)38-39(29,35)36/h1,6-13,18,31H,5,14-15H2,2-3H3. The Morgan fingerprint density at radius 3 is 2.67 bits per heavy atom. The number of hydrogen-bond donors (Lipinski definition) is 1. The second-order valence-electron chi connectivity index (χ2n) is 9.51. The van der Waals surface area contributed by atoms with Crippen LogP contribution in [0.15, 0.2) is 53.6 Å². The minimum Gasteiger partial charge on any atom is -0.493 e. The summed E-state index contributed by atoms with van der Waals surface area (Å²) in [6.45, 7) is 3.68. The van der Waals surface area contributed by atoms with Gasteiger partial charge in [0.05, 0.1) is 35.1 Å². The van der Waals surface area contributed by atoms with Crippen LogP contribution in [0.4, 0.5) is 3.89 Å². The van der Waals surface area contributed by atoms with Crippen LogP contribution < -0.4 is 14.3 Å². The van der Waals surface area contributed by atoms with Crippen molar-refractivity contribution in [3.8, 4) is 35.0 Å². The Bertz CT molecular complexity index is 2000. The number of nitrogens with one attached hydrogen (secondary N) is 1. The molecule has 5 aromatic rings. The first-order valence-corrected chi connectivity index (χ1v) is 13.5. The van der Waals surface area contributed by atoms with Crippen molar-refractivity contribution in [2.45, 2.75) is 13.0 Å². The molecule has 1 fully saturated rings. The molecule has 4 heterocycles. The number of hydrogen-bond acceptors (Lipinski definition) is 7. The lowest BCUT2D eigenvalue weighted by molar-refractivity contribution is 0.146. The summed E-state index contributed by atoms with van der Waals surface area (Å²) in [5.74, 6) is 2.75. The van der Waals surface area contributed by atoms with E-state index < -0.39 is 10.5 Å². The van der Waals surface area contributed by atoms with Gasteiger partial charge < -0.3 is 23.4 Å². The molecular formula is C28H23FN4O5S. The number of ether oxygens (including phenoxy) is 1. The number of benzene rings is 2. The number of likely N-dealkylation sites (tertiary alicyclic amines) is 1. The molecule has 3 aromatic heterocycles. The number of aromatic nitrogens is 3. The van der Waals surface area contributed by atoms with E-state index in [2.05, 4.69) is 29.5 Å². The van der Waals surface area contributed by atoms with Crippen molar-refractivity contribution in [3.05, 3.63) is 64.6 Å². The lowest BCUT2D eigenvalue weighted by Gasteiger charge is -2.39. The quantitative estimate of drug-likeness (QED) is 0.252. The number of pyridine rings is 2. The van der Waals surface area contributed by atoms with Crippen LogP contribution in [0.5, 0.6) is 11.5 Å². The molecule has 0 saturated carbocycles. The van der Waals surface area contributed by atoms with Gasteiger partial charge in [-0.05, 0) is 44.3 Å². The second kappa shape index (κ2) is 9.11. The lowest BCUT2D eigenvalue weighted by Crippen LogP contribution is -2.45. The van der Waals surface area contributed by atoms with Gasteiger partial charge in [0.2, 0.25) is 0 Å². The van der Waals surface area contributed by atoms with E-state index in [-0.39, 0.29) is 17.2 Å². The van der Waals surface area contributed by atoms with E-state index in [1.807, 2.05) is 38.2 Å². The SMILES string of the molecule is C#Cc1ccc2c(c1)[nH]c1c2c(=O)c2cc(OCC)c(-c3cncc(OS(=O)(=O)F)c3)cc2n1C1CN(C)C1. The van der Waals surface area contributed by atoms with Gasteiger partial charge in [-0.15, -0.1) is 6.42 Å². The number of rotatable bonds is 6. The highest BCUT2D eigenvalue weighted by Gasteiger charge is 2.30. The highest BCUT2D eigenvalue weighted by Crippen LogP contribution is 2.38. The molecule has 9 nitrogen and oxygen atoms in total. The molecule has 1 saturated heterocycles. The summed E-state index contributed by atoms with van der Waals surface area (Å²) in [6.07, 6.45) is 8.20. The number of H-pyrrole nitrogens is 1. The summed E-state index contributed by atoms with van der Waals surface area (Å²) in [5.41, 5.74) is 3.63. The number of terminal acetylenes is 1. The van der Waals surface area contributed by atoms with E-state index in [1.54, 1.807) is 6.07 Å². The maximum atomic E-state index is 14.0. The van der Waals surface area contributed by atoms with Gasteiger partial charge in [0.15, 0.2) is 11.2 Å². The van der Waals surface area contributed by atoms with Crippen molar-refractivity contribution in [2.75, 3.05) is 26.7 Å². The molecule has 0 unspecified atom stereocenters. The van der Waals surface area contributed by atoms with Crippen LogP contribution in [-0.4, -0.2) is 54.6 Å². The summed E-state index contributed by atoms with van der Waals surface area (Å²) in [4.78, 5) is 23.6. The van der Waals surface area contributed by atoms with Gasteiger partial charge in [-0.3, -0.25) is 9.78 Å². The first-order chi connectivity index (χ1) is 18.7. The maximum absolute atomic E-state index is 14.0. The monoisotopic (exact) mass is 546 g/mol. The van der Waals surface area contributed by atoms with Crippen LogP contribution in [0.3, 0.4) is 0 Å². The van der Waals surface area contributed by atoms with Gasteiger partial charge in [0.1, 0.15) is 11.4 Å². The lowest BCUT2D eigenvalue weighted by atomic mass is 10.00. The van der Waals surface area contributed by atoms with E-state index in [0.717, 1.165) is 30.2 Å². The number of halogens is 1. The molecule has 11 heteroatoms. The van der Waals surface area contributed by atoms with Gasteiger partial charge in [-0.1, -0.05) is 15.9 Å². The van der Waals surface area contributed by atoms with Crippen molar-refractivity contribution >= 4 is 43.3 Å². The fraction of sp³-hybridized carbons (Fsp3) is 0.214. The first-order valence-electron chi connectivity index (χ1n) is 12.2. The molecule has 2 aromatic carbocycles. The van der Waals surface area contributed by atoms with Gasteiger partial charge in [-0.25, -0.2) is 0 Å². The van der Waals surface area contributed by atoms with Crippen molar-refractivity contribution in [1.29, 1.82) is 0 Å². The number of nitrogens with zero attached hydrogens (tertiary/aromatic N) is 3. The molecule has 0 radical (unpaired) electrons. The molecule has 1 aliphatic heterocycles. The van der Waals surface area contributed by atoms with Crippen LogP contribution in [0.1, 0.15) is 18.5 Å².